The Morgan fingerprint density at radius 2 is 1.67 bits per heavy atom. The lowest BCUT2D eigenvalue weighted by atomic mass is 10.1. The van der Waals surface area contributed by atoms with E-state index in [0.717, 1.165) is 45.2 Å². The first-order chi connectivity index (χ1) is 8.18. The van der Waals surface area contributed by atoms with E-state index < -0.39 is 5.97 Å². The van der Waals surface area contributed by atoms with Crippen LogP contribution in [0.25, 0.3) is 0 Å². The third-order valence-corrected chi connectivity index (χ3v) is 2.38. The molecule has 0 aromatic heterocycles. The van der Waals surface area contributed by atoms with Crippen molar-refractivity contribution < 1.29 is 9.90 Å². The average molecular weight is 283 g/mol. The normalized spacial score (nSPS) is 9.06. The molecule has 0 radical (unpaired) electrons. The van der Waals surface area contributed by atoms with E-state index in [1.54, 1.807) is 0 Å². The molecule has 0 fully saturated rings. The largest absolute Gasteiger partial charge is 0.481 e. The van der Waals surface area contributed by atoms with E-state index in [4.69, 9.17) is 10.8 Å². The lowest BCUT2D eigenvalue weighted by molar-refractivity contribution is -0.137. The maximum Gasteiger partial charge on any atom is 0.303 e. The van der Waals surface area contributed by atoms with E-state index in [2.05, 4.69) is 12.2 Å². The van der Waals surface area contributed by atoms with E-state index in [-0.39, 0.29) is 12.4 Å². The van der Waals surface area contributed by atoms with Gasteiger partial charge in [0.05, 0.1) is 0 Å². The zero-order valence-corrected chi connectivity index (χ0v) is 12.7. The Morgan fingerprint density at radius 1 is 1.11 bits per heavy atom. The number of halogens is 1. The highest BCUT2D eigenvalue weighted by molar-refractivity contribution is 5.85. The van der Waals surface area contributed by atoms with E-state index in [9.17, 15) is 4.79 Å². The number of nitrogens with one attached hydrogen (secondary N) is 1. The van der Waals surface area contributed by atoms with Crippen molar-refractivity contribution in [1.82, 2.24) is 5.32 Å². The fourth-order valence-electron chi connectivity index (χ4n) is 1.30. The molecule has 0 saturated carbocycles. The average Bonchev–Trinajstić information content (AvgIpc) is 2.31. The first-order valence-electron chi connectivity index (χ1n) is 6.75. The summed E-state index contributed by atoms with van der Waals surface area (Å²) < 4.78 is 0. The van der Waals surface area contributed by atoms with Crippen LogP contribution in [0.1, 0.15) is 58.3 Å². The van der Waals surface area contributed by atoms with Gasteiger partial charge < -0.3 is 16.2 Å². The van der Waals surface area contributed by atoms with Gasteiger partial charge in [0.25, 0.3) is 0 Å². The molecule has 4 nitrogen and oxygen atoms in total. The molecule has 5 heteroatoms. The molecule has 4 N–H and O–H groups in total. The van der Waals surface area contributed by atoms with Gasteiger partial charge in [-0.05, 0) is 39.4 Å². The van der Waals surface area contributed by atoms with Crippen molar-refractivity contribution in [1.29, 1.82) is 0 Å². The molecule has 0 aliphatic rings. The second-order valence-electron chi connectivity index (χ2n) is 4.16. The minimum atomic E-state index is -0.691. The van der Waals surface area contributed by atoms with Crippen molar-refractivity contribution in [2.45, 2.75) is 58.3 Å². The molecule has 0 bridgehead atoms. The monoisotopic (exact) mass is 282 g/mol. The van der Waals surface area contributed by atoms with Crippen molar-refractivity contribution in [3.8, 4) is 0 Å². The Morgan fingerprint density at radius 3 is 2.06 bits per heavy atom. The minimum absolute atomic E-state index is 0. The third-order valence-electron chi connectivity index (χ3n) is 2.38. The molecule has 0 spiro atoms. The van der Waals surface area contributed by atoms with Gasteiger partial charge in [0.15, 0.2) is 0 Å². The predicted molar refractivity (Wildman–Crippen MR) is 80.5 cm³/mol. The molecule has 0 heterocycles. The molecule has 0 atom stereocenters. The van der Waals surface area contributed by atoms with E-state index in [1.807, 2.05) is 7.05 Å². The molecule has 0 aromatic carbocycles. The maximum atomic E-state index is 10.1. The van der Waals surface area contributed by atoms with E-state index in [0.29, 0.717) is 6.42 Å². The standard InChI is InChI=1S/C8H17NO2.C5H13N.ClH/c9-7-5-3-1-2-4-6-8(10)11;1-3-4-5-6-2;/h1-7,9H2,(H,10,11);6H,3-5H2,1-2H3;1H. The summed E-state index contributed by atoms with van der Waals surface area (Å²) >= 11 is 0. The minimum Gasteiger partial charge on any atom is -0.481 e. The van der Waals surface area contributed by atoms with Crippen LogP contribution >= 0.6 is 12.4 Å². The van der Waals surface area contributed by atoms with Gasteiger partial charge in [-0.1, -0.05) is 32.6 Å². The predicted octanol–water partition coefficient (Wildman–Crippen LogP) is 2.80. The number of unbranched alkanes of at least 4 members (excludes halogenated alkanes) is 5. The number of carboxylic acid groups (broad SMARTS) is 1. The summed E-state index contributed by atoms with van der Waals surface area (Å²) in [6, 6.07) is 0. The van der Waals surface area contributed by atoms with Gasteiger partial charge in [-0.15, -0.1) is 12.4 Å². The summed E-state index contributed by atoms with van der Waals surface area (Å²) in [5.74, 6) is -0.691. The van der Waals surface area contributed by atoms with Gasteiger partial charge >= 0.3 is 5.97 Å². The van der Waals surface area contributed by atoms with Gasteiger partial charge in [-0.3, -0.25) is 4.79 Å². The van der Waals surface area contributed by atoms with Crippen molar-refractivity contribution in [3.63, 3.8) is 0 Å². The van der Waals surface area contributed by atoms with Crippen molar-refractivity contribution >= 4 is 18.4 Å². The fourth-order valence-corrected chi connectivity index (χ4v) is 1.30. The second kappa shape index (κ2) is 21.9. The first-order valence-corrected chi connectivity index (χ1v) is 6.75. The lowest BCUT2D eigenvalue weighted by Gasteiger charge is -1.97. The highest BCUT2D eigenvalue weighted by atomic mass is 35.5. The SMILES string of the molecule is CCCCNC.Cl.NCCCCCCCC(=O)O. The van der Waals surface area contributed by atoms with Crippen LogP contribution in [0.15, 0.2) is 0 Å². The molecular weight excluding hydrogens is 252 g/mol. The van der Waals surface area contributed by atoms with Gasteiger partial charge in [-0.2, -0.15) is 0 Å². The van der Waals surface area contributed by atoms with Gasteiger partial charge in [-0.25, -0.2) is 0 Å². The highest BCUT2D eigenvalue weighted by Crippen LogP contribution is 2.04. The van der Waals surface area contributed by atoms with Crippen LogP contribution in [0, 0.1) is 0 Å². The summed E-state index contributed by atoms with van der Waals surface area (Å²) in [6.45, 7) is 4.10. The van der Waals surface area contributed by atoms with Gasteiger partial charge in [0.1, 0.15) is 0 Å². The van der Waals surface area contributed by atoms with Crippen molar-refractivity contribution in [2.24, 2.45) is 5.73 Å². The molecule has 0 aliphatic heterocycles. The van der Waals surface area contributed by atoms with Gasteiger partial charge in [0.2, 0.25) is 0 Å². The van der Waals surface area contributed by atoms with Crippen LogP contribution in [-0.4, -0.2) is 31.2 Å². The van der Waals surface area contributed by atoms with Crippen molar-refractivity contribution in [2.75, 3.05) is 20.1 Å². The van der Waals surface area contributed by atoms with Crippen molar-refractivity contribution in [3.05, 3.63) is 0 Å². The molecule has 0 saturated heterocycles. The lowest BCUT2D eigenvalue weighted by Crippen LogP contribution is -2.06. The fraction of sp³-hybridized carbons (Fsp3) is 0.923. The number of rotatable bonds is 10. The van der Waals surface area contributed by atoms with E-state index in [1.165, 1.54) is 12.8 Å². The molecule has 0 amide bonds. The Labute approximate surface area is 118 Å². The van der Waals surface area contributed by atoms with Crippen LogP contribution in [0.3, 0.4) is 0 Å². The Bertz CT molecular complexity index is 154. The summed E-state index contributed by atoms with van der Waals surface area (Å²) in [6.07, 6.45) is 8.04. The summed E-state index contributed by atoms with van der Waals surface area (Å²) in [7, 11) is 1.98. The molecule has 18 heavy (non-hydrogen) atoms. The van der Waals surface area contributed by atoms with Gasteiger partial charge in [0, 0.05) is 6.42 Å². The number of hydrogen-bond donors (Lipinski definition) is 3. The topological polar surface area (TPSA) is 75.3 Å². The molecular formula is C13H31ClN2O2. The summed E-state index contributed by atoms with van der Waals surface area (Å²) in [5.41, 5.74) is 5.30. The molecule has 0 rings (SSSR count). The first kappa shape index (κ1) is 22.8. The zero-order valence-electron chi connectivity index (χ0n) is 11.9. The molecule has 0 aromatic rings. The number of nitrogens with two attached hydrogens (primary N) is 1. The Hall–Kier alpha value is -0.320. The quantitative estimate of drug-likeness (QED) is 0.539. The van der Waals surface area contributed by atoms with Crippen LogP contribution in [0.5, 0.6) is 0 Å². The van der Waals surface area contributed by atoms with Crippen LogP contribution in [0.4, 0.5) is 0 Å². The zero-order chi connectivity index (χ0) is 13.4. The summed E-state index contributed by atoms with van der Waals surface area (Å²) in [5, 5.41) is 11.4. The second-order valence-corrected chi connectivity index (χ2v) is 4.16. The Balaban J connectivity index is -0.000000277. The number of carboxylic acids is 1. The number of carbonyl (C=O) groups is 1. The summed E-state index contributed by atoms with van der Waals surface area (Å²) in [4.78, 5) is 10.1. The van der Waals surface area contributed by atoms with Crippen LogP contribution in [0.2, 0.25) is 0 Å². The van der Waals surface area contributed by atoms with E-state index >= 15 is 0 Å². The van der Waals surface area contributed by atoms with Crippen LogP contribution in [-0.2, 0) is 4.79 Å². The molecule has 0 aliphatic carbocycles. The number of aliphatic carboxylic acids is 1. The molecule has 0 unspecified atom stereocenters. The number of hydrogen-bond acceptors (Lipinski definition) is 3. The smallest absolute Gasteiger partial charge is 0.303 e. The third kappa shape index (κ3) is 29.6. The van der Waals surface area contributed by atoms with Crippen LogP contribution < -0.4 is 11.1 Å². The maximum absolute atomic E-state index is 10.1. The Kier molecular flexibility index (Phi) is 27.8. The highest BCUT2D eigenvalue weighted by Gasteiger charge is 1.95. The molecule has 112 valence electrons.